The average molecular weight is 544 g/mol. The van der Waals surface area contributed by atoms with Crippen molar-refractivity contribution in [2.75, 3.05) is 6.54 Å². The molecule has 0 spiro atoms. The highest BCUT2D eigenvalue weighted by molar-refractivity contribution is 7.89. The zero-order valence-electron chi connectivity index (χ0n) is 18.7. The van der Waals surface area contributed by atoms with E-state index >= 15 is 0 Å². The topological polar surface area (TPSA) is 92.3 Å². The maximum atomic E-state index is 14.2. The van der Waals surface area contributed by atoms with E-state index in [0.717, 1.165) is 42.5 Å². The fourth-order valence-electron chi connectivity index (χ4n) is 3.85. The largest absolute Gasteiger partial charge is 0.435 e. The lowest BCUT2D eigenvalue weighted by Crippen LogP contribution is -2.45. The van der Waals surface area contributed by atoms with Gasteiger partial charge in [-0.15, -0.1) is 10.2 Å². The van der Waals surface area contributed by atoms with Gasteiger partial charge >= 0.3 is 6.18 Å². The van der Waals surface area contributed by atoms with Gasteiger partial charge in [0, 0.05) is 25.1 Å². The molecule has 0 unspecified atom stereocenters. The predicted molar refractivity (Wildman–Crippen MR) is 118 cm³/mol. The highest BCUT2D eigenvalue weighted by Crippen LogP contribution is 2.30. The molecule has 1 aromatic heterocycles. The van der Waals surface area contributed by atoms with Gasteiger partial charge in [-0.2, -0.15) is 17.5 Å². The van der Waals surface area contributed by atoms with Crippen molar-refractivity contribution in [1.29, 1.82) is 0 Å². The first kappa shape index (κ1) is 26.5. The van der Waals surface area contributed by atoms with Crippen LogP contribution in [0.15, 0.2) is 59.5 Å². The normalized spacial score (nSPS) is 18.6. The molecular formula is C23H18F6N4O3S. The standard InChI is InChI=1S/C23H18F6N4O3S/c24-15-1-3-18(4-2-15)37(35,36)33-12-17(26)10-20(33)22(34)30-11-13-7-14(9-16(25)8-13)19-5-6-21(32-31-19)23(27,28)29/h1-9,17,20H,10-12H2,(H,30,34)/t17-,20+/m1/s1. The smallest absolute Gasteiger partial charge is 0.351 e. The highest BCUT2D eigenvalue weighted by atomic mass is 32.2. The summed E-state index contributed by atoms with van der Waals surface area (Å²) in [7, 11) is -4.32. The number of benzene rings is 2. The van der Waals surface area contributed by atoms with E-state index in [1.807, 2.05) is 0 Å². The second-order valence-corrected chi connectivity index (χ2v) is 10.1. The third-order valence-electron chi connectivity index (χ3n) is 5.60. The van der Waals surface area contributed by atoms with Gasteiger partial charge in [-0.3, -0.25) is 4.79 Å². The third-order valence-corrected chi connectivity index (χ3v) is 7.49. The summed E-state index contributed by atoms with van der Waals surface area (Å²) < 4.78 is 106. The average Bonchev–Trinajstić information content (AvgIpc) is 3.25. The fraction of sp³-hybridized carbons (Fsp3) is 0.261. The lowest BCUT2D eigenvalue weighted by atomic mass is 10.1. The van der Waals surface area contributed by atoms with Crippen LogP contribution in [0, 0.1) is 11.6 Å². The molecule has 1 aliphatic rings. The number of sulfonamides is 1. The van der Waals surface area contributed by atoms with Gasteiger partial charge in [0.1, 0.15) is 23.8 Å². The monoisotopic (exact) mass is 544 g/mol. The van der Waals surface area contributed by atoms with Crippen LogP contribution < -0.4 is 5.32 Å². The van der Waals surface area contributed by atoms with E-state index in [9.17, 15) is 39.6 Å². The molecule has 0 saturated carbocycles. The summed E-state index contributed by atoms with van der Waals surface area (Å²) in [6.45, 7) is -0.871. The summed E-state index contributed by atoms with van der Waals surface area (Å²) in [5.74, 6) is -2.28. The molecule has 1 saturated heterocycles. The second-order valence-electron chi connectivity index (χ2n) is 8.24. The maximum Gasteiger partial charge on any atom is 0.435 e. The number of carbonyl (C=O) groups is 1. The Bertz CT molecular complexity index is 1400. The highest BCUT2D eigenvalue weighted by Gasteiger charge is 2.44. The first-order valence-corrected chi connectivity index (χ1v) is 12.2. The zero-order chi connectivity index (χ0) is 27.0. The van der Waals surface area contributed by atoms with Crippen molar-refractivity contribution in [2.24, 2.45) is 0 Å². The number of halogens is 6. The number of hydrogen-bond acceptors (Lipinski definition) is 5. The predicted octanol–water partition coefficient (Wildman–Crippen LogP) is 3.86. The minimum Gasteiger partial charge on any atom is -0.351 e. The summed E-state index contributed by atoms with van der Waals surface area (Å²) in [5, 5.41) is 9.00. The molecule has 7 nitrogen and oxygen atoms in total. The van der Waals surface area contributed by atoms with Crippen LogP contribution in [-0.4, -0.2) is 47.6 Å². The van der Waals surface area contributed by atoms with Gasteiger partial charge in [0.25, 0.3) is 0 Å². The molecule has 1 aliphatic heterocycles. The molecule has 0 aliphatic carbocycles. The molecule has 1 amide bonds. The molecule has 1 fully saturated rings. The van der Waals surface area contributed by atoms with Crippen LogP contribution in [0.2, 0.25) is 0 Å². The van der Waals surface area contributed by atoms with E-state index < -0.39 is 64.6 Å². The number of amides is 1. The Morgan fingerprint density at radius 1 is 1.00 bits per heavy atom. The third kappa shape index (κ3) is 5.91. The Kier molecular flexibility index (Phi) is 7.24. The van der Waals surface area contributed by atoms with Gasteiger partial charge in [0.05, 0.1) is 10.6 Å². The van der Waals surface area contributed by atoms with Crippen LogP contribution in [0.4, 0.5) is 26.3 Å². The van der Waals surface area contributed by atoms with Crippen molar-refractivity contribution in [2.45, 2.75) is 36.3 Å². The van der Waals surface area contributed by atoms with Crippen LogP contribution in [0.1, 0.15) is 17.7 Å². The summed E-state index contributed by atoms with van der Waals surface area (Å²) in [6.07, 6.45) is -6.73. The Labute approximate surface area is 207 Å². The van der Waals surface area contributed by atoms with Crippen LogP contribution in [0.25, 0.3) is 11.3 Å². The molecular weight excluding hydrogens is 526 g/mol. The molecule has 37 heavy (non-hydrogen) atoms. The number of hydrogen-bond donors (Lipinski definition) is 1. The summed E-state index contributed by atoms with van der Waals surface area (Å²) in [5.41, 5.74) is -0.987. The van der Waals surface area contributed by atoms with Crippen LogP contribution in [-0.2, 0) is 27.5 Å². The van der Waals surface area contributed by atoms with E-state index in [1.165, 1.54) is 6.07 Å². The summed E-state index contributed by atoms with van der Waals surface area (Å²) >= 11 is 0. The van der Waals surface area contributed by atoms with E-state index in [4.69, 9.17) is 0 Å². The Balaban J connectivity index is 1.50. The molecule has 0 radical (unpaired) electrons. The summed E-state index contributed by atoms with van der Waals surface area (Å²) in [4.78, 5) is 12.5. The Morgan fingerprint density at radius 2 is 1.70 bits per heavy atom. The van der Waals surface area contributed by atoms with Gasteiger partial charge in [-0.1, -0.05) is 0 Å². The van der Waals surface area contributed by atoms with Gasteiger partial charge < -0.3 is 5.32 Å². The minimum absolute atomic E-state index is 0.0484. The van der Waals surface area contributed by atoms with Gasteiger partial charge in [0.15, 0.2) is 5.69 Å². The van der Waals surface area contributed by atoms with Crippen molar-refractivity contribution in [3.63, 3.8) is 0 Å². The number of carbonyl (C=O) groups excluding carboxylic acids is 1. The zero-order valence-corrected chi connectivity index (χ0v) is 19.5. The van der Waals surface area contributed by atoms with E-state index in [-0.39, 0.29) is 28.3 Å². The number of alkyl halides is 4. The number of aromatic nitrogens is 2. The molecule has 1 N–H and O–H groups in total. The Hall–Kier alpha value is -3.52. The first-order valence-electron chi connectivity index (χ1n) is 10.7. The SMILES string of the molecule is O=C(NCc1cc(F)cc(-c2ccc(C(F)(F)F)nn2)c1)[C@@H]1C[C@@H](F)CN1S(=O)(=O)c1ccc(F)cc1. The minimum atomic E-state index is -4.69. The molecule has 0 bridgehead atoms. The number of nitrogens with zero attached hydrogens (tertiary/aromatic N) is 3. The second kappa shape index (κ2) is 10.1. The molecule has 2 atom stereocenters. The number of nitrogens with one attached hydrogen (secondary N) is 1. The molecule has 196 valence electrons. The van der Waals surface area contributed by atoms with Crippen molar-refractivity contribution in [3.05, 3.63) is 77.5 Å². The van der Waals surface area contributed by atoms with Crippen molar-refractivity contribution in [1.82, 2.24) is 19.8 Å². The van der Waals surface area contributed by atoms with Crippen LogP contribution >= 0.6 is 0 Å². The van der Waals surface area contributed by atoms with Crippen LogP contribution in [0.5, 0.6) is 0 Å². The first-order chi connectivity index (χ1) is 17.3. The molecule has 2 heterocycles. The lowest BCUT2D eigenvalue weighted by Gasteiger charge is -2.23. The lowest BCUT2D eigenvalue weighted by molar-refractivity contribution is -0.141. The molecule has 2 aromatic carbocycles. The fourth-order valence-corrected chi connectivity index (χ4v) is 5.47. The maximum absolute atomic E-state index is 14.2. The van der Waals surface area contributed by atoms with Gasteiger partial charge in [-0.25, -0.2) is 21.6 Å². The quantitative estimate of drug-likeness (QED) is 0.476. The van der Waals surface area contributed by atoms with E-state index in [0.29, 0.717) is 10.4 Å². The van der Waals surface area contributed by atoms with Crippen molar-refractivity contribution in [3.8, 4) is 11.3 Å². The summed E-state index contributed by atoms with van der Waals surface area (Å²) in [6, 6.07) is 7.60. The van der Waals surface area contributed by atoms with E-state index in [2.05, 4.69) is 15.5 Å². The van der Waals surface area contributed by atoms with E-state index in [1.54, 1.807) is 0 Å². The van der Waals surface area contributed by atoms with Gasteiger partial charge in [0.2, 0.25) is 15.9 Å². The molecule has 14 heteroatoms. The van der Waals surface area contributed by atoms with Crippen molar-refractivity contribution < 1.29 is 39.6 Å². The van der Waals surface area contributed by atoms with Crippen molar-refractivity contribution >= 4 is 15.9 Å². The number of rotatable bonds is 6. The Morgan fingerprint density at radius 3 is 2.32 bits per heavy atom. The molecule has 3 aromatic rings. The molecule has 4 rings (SSSR count). The van der Waals surface area contributed by atoms with Gasteiger partial charge in [-0.05, 0) is 60.2 Å². The van der Waals surface area contributed by atoms with Crippen LogP contribution in [0.3, 0.4) is 0 Å².